The first-order valence-electron chi connectivity index (χ1n) is 7.02. The Labute approximate surface area is 133 Å². The summed E-state index contributed by atoms with van der Waals surface area (Å²) < 4.78 is 7.39. The summed E-state index contributed by atoms with van der Waals surface area (Å²) in [4.78, 5) is 2.17. The number of hydrogen-bond acceptors (Lipinski definition) is 2. The van der Waals surface area contributed by atoms with Crippen LogP contribution in [0.1, 0.15) is 43.9 Å². The first-order chi connectivity index (χ1) is 9.44. The molecule has 0 saturated carbocycles. The quantitative estimate of drug-likeness (QED) is 0.814. The van der Waals surface area contributed by atoms with Crippen LogP contribution in [-0.4, -0.2) is 22.3 Å². The highest BCUT2D eigenvalue weighted by molar-refractivity contribution is 9.10. The van der Waals surface area contributed by atoms with Crippen molar-refractivity contribution in [1.29, 1.82) is 0 Å². The number of aryl methyl sites for hydroxylation is 1. The van der Waals surface area contributed by atoms with E-state index in [1.54, 1.807) is 0 Å². The molecule has 3 nitrogen and oxygen atoms in total. The summed E-state index contributed by atoms with van der Waals surface area (Å²) in [6, 6.07) is 4.53. The molecule has 1 aromatic carbocycles. The van der Waals surface area contributed by atoms with E-state index < -0.39 is 0 Å². The molecule has 0 spiro atoms. The molecule has 2 unspecified atom stereocenters. The molecule has 0 aliphatic carbocycles. The Balaban J connectivity index is 2.08. The molecule has 1 aromatic rings. The molecular weight excluding hydrogens is 336 g/mol. The van der Waals surface area contributed by atoms with E-state index in [1.807, 2.05) is 0 Å². The number of thiocarbonyl (C=S) groups is 1. The van der Waals surface area contributed by atoms with Crippen LogP contribution in [0, 0.1) is 6.92 Å². The summed E-state index contributed by atoms with van der Waals surface area (Å²) in [6.07, 6.45) is 1.96. The predicted octanol–water partition coefficient (Wildman–Crippen LogP) is 3.90. The lowest BCUT2D eigenvalue weighted by Gasteiger charge is -2.52. The van der Waals surface area contributed by atoms with Crippen LogP contribution in [-0.2, 0) is 0 Å². The van der Waals surface area contributed by atoms with Gasteiger partial charge in [0.2, 0.25) is 0 Å². The second kappa shape index (κ2) is 4.88. The number of nitrogens with one attached hydrogen (secondary N) is 1. The van der Waals surface area contributed by atoms with Crippen molar-refractivity contribution in [1.82, 2.24) is 10.2 Å². The summed E-state index contributed by atoms with van der Waals surface area (Å²) in [5, 5.41) is 4.27. The zero-order valence-corrected chi connectivity index (χ0v) is 14.4. The average Bonchev–Trinajstić information content (AvgIpc) is 2.36. The number of hydrogen-bond donors (Lipinski definition) is 1. The first kappa shape index (κ1) is 14.1. The lowest BCUT2D eigenvalue weighted by molar-refractivity contribution is -0.0686. The fourth-order valence-electron chi connectivity index (χ4n) is 3.17. The van der Waals surface area contributed by atoms with Crippen LogP contribution in [0.2, 0.25) is 0 Å². The minimum Gasteiger partial charge on any atom is -0.467 e. The summed E-state index contributed by atoms with van der Waals surface area (Å²) in [7, 11) is 0. The van der Waals surface area contributed by atoms with Crippen molar-refractivity contribution in [3.8, 4) is 5.75 Å². The van der Waals surface area contributed by atoms with Crippen molar-refractivity contribution < 1.29 is 4.74 Å². The number of halogens is 1. The zero-order valence-electron chi connectivity index (χ0n) is 12.0. The normalized spacial score (nSPS) is 27.7. The average molecular weight is 355 g/mol. The minimum absolute atomic E-state index is 0.237. The molecule has 20 heavy (non-hydrogen) atoms. The smallest absolute Gasteiger partial charge is 0.184 e. The van der Waals surface area contributed by atoms with Gasteiger partial charge in [-0.15, -0.1) is 0 Å². The molecule has 5 heteroatoms. The van der Waals surface area contributed by atoms with Crippen LogP contribution < -0.4 is 10.1 Å². The van der Waals surface area contributed by atoms with Gasteiger partial charge in [-0.1, -0.05) is 13.0 Å². The maximum atomic E-state index is 6.36. The van der Waals surface area contributed by atoms with Gasteiger partial charge in [0.25, 0.3) is 0 Å². The molecular formula is C15H19BrN2OS. The highest BCUT2D eigenvalue weighted by atomic mass is 79.9. The Morgan fingerprint density at radius 1 is 1.55 bits per heavy atom. The van der Waals surface area contributed by atoms with E-state index in [1.165, 1.54) is 11.1 Å². The second-order valence-corrected chi connectivity index (χ2v) is 7.04. The van der Waals surface area contributed by atoms with Crippen molar-refractivity contribution in [2.24, 2.45) is 0 Å². The maximum Gasteiger partial charge on any atom is 0.184 e. The zero-order chi connectivity index (χ0) is 14.5. The number of ether oxygens (including phenoxy) is 1. The van der Waals surface area contributed by atoms with E-state index in [0.717, 1.165) is 34.7 Å². The Hall–Kier alpha value is -0.810. The van der Waals surface area contributed by atoms with Crippen molar-refractivity contribution in [2.75, 3.05) is 6.54 Å². The van der Waals surface area contributed by atoms with Gasteiger partial charge in [-0.05, 0) is 60.0 Å². The first-order valence-corrected chi connectivity index (χ1v) is 8.22. The van der Waals surface area contributed by atoms with Crippen molar-refractivity contribution in [2.45, 2.75) is 45.4 Å². The highest BCUT2D eigenvalue weighted by Gasteiger charge is 2.47. The van der Waals surface area contributed by atoms with Crippen LogP contribution in [0.4, 0.5) is 0 Å². The Morgan fingerprint density at radius 3 is 3.00 bits per heavy atom. The minimum atomic E-state index is -0.353. The molecule has 0 aromatic heterocycles. The van der Waals surface area contributed by atoms with Gasteiger partial charge in [-0.2, -0.15) is 0 Å². The van der Waals surface area contributed by atoms with Gasteiger partial charge < -0.3 is 15.0 Å². The van der Waals surface area contributed by atoms with Crippen LogP contribution >= 0.6 is 28.1 Å². The Bertz CT molecular complexity index is 577. The van der Waals surface area contributed by atoms with Gasteiger partial charge in [0, 0.05) is 18.5 Å². The van der Waals surface area contributed by atoms with Gasteiger partial charge in [-0.3, -0.25) is 0 Å². The summed E-state index contributed by atoms with van der Waals surface area (Å²) >= 11 is 9.17. The van der Waals surface area contributed by atoms with Crippen molar-refractivity contribution >= 4 is 33.3 Å². The van der Waals surface area contributed by atoms with E-state index in [0.29, 0.717) is 0 Å². The van der Waals surface area contributed by atoms with E-state index in [-0.39, 0.29) is 11.8 Å². The van der Waals surface area contributed by atoms with E-state index in [9.17, 15) is 0 Å². The summed E-state index contributed by atoms with van der Waals surface area (Å²) in [5.41, 5.74) is 2.08. The molecule has 1 fully saturated rings. The highest BCUT2D eigenvalue weighted by Crippen LogP contribution is 2.47. The molecule has 2 aliphatic rings. The second-order valence-electron chi connectivity index (χ2n) is 5.80. The molecule has 1 N–H and O–H groups in total. The molecule has 2 heterocycles. The predicted molar refractivity (Wildman–Crippen MR) is 88.0 cm³/mol. The number of benzene rings is 1. The fraction of sp³-hybridized carbons (Fsp3) is 0.533. The van der Waals surface area contributed by atoms with Gasteiger partial charge >= 0.3 is 0 Å². The van der Waals surface area contributed by atoms with Crippen LogP contribution in [0.3, 0.4) is 0 Å². The third kappa shape index (κ3) is 2.11. The van der Waals surface area contributed by atoms with E-state index >= 15 is 0 Å². The maximum absolute atomic E-state index is 6.36. The van der Waals surface area contributed by atoms with Gasteiger partial charge in [0.05, 0.1) is 10.5 Å². The van der Waals surface area contributed by atoms with E-state index in [2.05, 4.69) is 59.1 Å². The van der Waals surface area contributed by atoms with Crippen molar-refractivity contribution in [3.63, 3.8) is 0 Å². The lowest BCUT2D eigenvalue weighted by atomic mass is 9.89. The topological polar surface area (TPSA) is 24.5 Å². The van der Waals surface area contributed by atoms with Crippen molar-refractivity contribution in [3.05, 3.63) is 27.7 Å². The van der Waals surface area contributed by atoms with Crippen LogP contribution in [0.25, 0.3) is 0 Å². The molecule has 0 radical (unpaired) electrons. The number of rotatable bonds is 2. The molecule has 1 saturated heterocycles. The SMILES string of the molecule is CCCN1C(=S)NC2CC1(C)Oc1c(Br)cc(C)cc12. The van der Waals surface area contributed by atoms with Crippen LogP contribution in [0.5, 0.6) is 5.75 Å². The van der Waals surface area contributed by atoms with Gasteiger partial charge in [0.1, 0.15) is 5.75 Å². The largest absolute Gasteiger partial charge is 0.467 e. The number of nitrogens with zero attached hydrogens (tertiary/aromatic N) is 1. The fourth-order valence-corrected chi connectivity index (χ4v) is 4.27. The molecule has 2 aliphatic heterocycles. The molecule has 0 amide bonds. The third-order valence-corrected chi connectivity index (χ3v) is 4.99. The van der Waals surface area contributed by atoms with Crippen LogP contribution in [0.15, 0.2) is 16.6 Å². The van der Waals surface area contributed by atoms with Gasteiger partial charge in [0.15, 0.2) is 10.8 Å². The summed E-state index contributed by atoms with van der Waals surface area (Å²) in [5.74, 6) is 0.949. The molecule has 2 atom stereocenters. The molecule has 108 valence electrons. The lowest BCUT2D eigenvalue weighted by Crippen LogP contribution is -2.64. The van der Waals surface area contributed by atoms with Gasteiger partial charge in [-0.25, -0.2) is 0 Å². The molecule has 2 bridgehead atoms. The summed E-state index contributed by atoms with van der Waals surface area (Å²) in [6.45, 7) is 7.31. The van der Waals surface area contributed by atoms with E-state index in [4.69, 9.17) is 17.0 Å². The Kier molecular flexibility index (Phi) is 3.45. The standard InChI is InChI=1S/C15H19BrN2OS/c1-4-5-18-14(20)17-12-8-15(18,3)19-13-10(12)6-9(2)7-11(13)16/h6-7,12H,4-5,8H2,1-3H3,(H,17,20). The number of fused-ring (bicyclic) bond motifs is 4. The Morgan fingerprint density at radius 2 is 2.30 bits per heavy atom. The monoisotopic (exact) mass is 354 g/mol. The third-order valence-electron chi connectivity index (χ3n) is 4.06. The molecule has 3 rings (SSSR count).